The molecule has 0 saturated carbocycles. The summed E-state index contributed by atoms with van der Waals surface area (Å²) in [6.45, 7) is 5.92. The molecule has 22 heavy (non-hydrogen) atoms. The van der Waals surface area contributed by atoms with Crippen molar-refractivity contribution in [1.29, 1.82) is 0 Å². The third-order valence-electron chi connectivity index (χ3n) is 3.56. The molecule has 0 unspecified atom stereocenters. The van der Waals surface area contributed by atoms with E-state index < -0.39 is 6.29 Å². The fourth-order valence-electron chi connectivity index (χ4n) is 2.26. The minimum atomic E-state index is -0.772. The van der Waals surface area contributed by atoms with Crippen molar-refractivity contribution in [3.8, 4) is 0 Å². The molecule has 0 aromatic heterocycles. The van der Waals surface area contributed by atoms with Gasteiger partial charge in [-0.1, -0.05) is 65.2 Å². The summed E-state index contributed by atoms with van der Waals surface area (Å²) < 4.78 is 10.2. The van der Waals surface area contributed by atoms with Crippen molar-refractivity contribution in [2.24, 2.45) is 0 Å². The van der Waals surface area contributed by atoms with Crippen LogP contribution in [0.5, 0.6) is 0 Å². The maximum Gasteiger partial charge on any atom is 0.308 e. The lowest BCUT2D eigenvalue weighted by molar-refractivity contribution is -0.184. The molecule has 0 radical (unpaired) electrons. The second kappa shape index (κ2) is 14.9. The molecule has 0 N–H and O–H groups in total. The molecular weight excluding hydrogens is 280 g/mol. The van der Waals surface area contributed by atoms with E-state index in [1.165, 1.54) is 25.7 Å². The first-order valence-electron chi connectivity index (χ1n) is 8.99. The highest BCUT2D eigenvalue weighted by atomic mass is 16.7. The van der Waals surface area contributed by atoms with Crippen LogP contribution in [-0.2, 0) is 19.1 Å². The zero-order valence-electron chi connectivity index (χ0n) is 14.7. The van der Waals surface area contributed by atoms with E-state index in [0.29, 0.717) is 12.8 Å². The quantitative estimate of drug-likeness (QED) is 0.253. The van der Waals surface area contributed by atoms with E-state index >= 15 is 0 Å². The molecule has 0 aromatic rings. The summed E-state index contributed by atoms with van der Waals surface area (Å²) in [5.41, 5.74) is 0. The van der Waals surface area contributed by atoms with E-state index in [2.05, 4.69) is 13.8 Å². The van der Waals surface area contributed by atoms with Crippen molar-refractivity contribution in [2.75, 3.05) is 0 Å². The molecule has 130 valence electrons. The maximum absolute atomic E-state index is 11.6. The molecule has 0 rings (SSSR count). The van der Waals surface area contributed by atoms with Gasteiger partial charge in [0.1, 0.15) is 0 Å². The SMILES string of the molecule is CCCCCCCC(=O)OC(C)OC(=O)CCCCCCC. The molecule has 0 aromatic carbocycles. The molecule has 0 aliphatic heterocycles. The standard InChI is InChI=1S/C18H34O4/c1-4-6-8-10-12-14-17(19)21-16(3)22-18(20)15-13-11-9-7-5-2/h16H,4-15H2,1-3H3. The van der Waals surface area contributed by atoms with Crippen molar-refractivity contribution < 1.29 is 19.1 Å². The summed E-state index contributed by atoms with van der Waals surface area (Å²) in [7, 11) is 0. The fourth-order valence-corrected chi connectivity index (χ4v) is 2.26. The lowest BCUT2D eigenvalue weighted by atomic mass is 10.1. The molecule has 0 fully saturated rings. The van der Waals surface area contributed by atoms with E-state index in [4.69, 9.17) is 9.47 Å². The van der Waals surface area contributed by atoms with Gasteiger partial charge in [0, 0.05) is 19.8 Å². The fraction of sp³-hybridized carbons (Fsp3) is 0.889. The lowest BCUT2D eigenvalue weighted by Crippen LogP contribution is -2.21. The first-order chi connectivity index (χ1) is 10.6. The highest BCUT2D eigenvalue weighted by Gasteiger charge is 2.13. The van der Waals surface area contributed by atoms with E-state index in [9.17, 15) is 9.59 Å². The van der Waals surface area contributed by atoms with Crippen LogP contribution in [0.15, 0.2) is 0 Å². The summed E-state index contributed by atoms with van der Waals surface area (Å²) >= 11 is 0. The lowest BCUT2D eigenvalue weighted by Gasteiger charge is -2.14. The Bertz CT molecular complexity index is 261. The number of carbonyl (C=O) groups is 2. The van der Waals surface area contributed by atoms with Gasteiger partial charge in [0.2, 0.25) is 6.29 Å². The van der Waals surface area contributed by atoms with Crippen LogP contribution < -0.4 is 0 Å². The predicted molar refractivity (Wildman–Crippen MR) is 88.4 cm³/mol. The van der Waals surface area contributed by atoms with Crippen LogP contribution in [0.2, 0.25) is 0 Å². The molecule has 0 aliphatic carbocycles. The van der Waals surface area contributed by atoms with Crippen LogP contribution in [0.1, 0.15) is 97.8 Å². The number of rotatable bonds is 14. The van der Waals surface area contributed by atoms with Crippen molar-refractivity contribution >= 4 is 11.9 Å². The maximum atomic E-state index is 11.6. The molecule has 0 atom stereocenters. The monoisotopic (exact) mass is 314 g/mol. The number of unbranched alkanes of at least 4 members (excludes halogenated alkanes) is 8. The predicted octanol–water partition coefficient (Wildman–Crippen LogP) is 5.14. The van der Waals surface area contributed by atoms with Crippen molar-refractivity contribution in [3.63, 3.8) is 0 Å². The summed E-state index contributed by atoms with van der Waals surface area (Å²) in [6, 6.07) is 0. The number of esters is 2. The number of hydrogen-bond acceptors (Lipinski definition) is 4. The average Bonchev–Trinajstić information content (AvgIpc) is 2.46. The molecular formula is C18H34O4. The minimum Gasteiger partial charge on any atom is -0.425 e. The zero-order chi connectivity index (χ0) is 16.6. The van der Waals surface area contributed by atoms with Crippen molar-refractivity contribution in [3.05, 3.63) is 0 Å². The van der Waals surface area contributed by atoms with Gasteiger partial charge in [-0.3, -0.25) is 9.59 Å². The van der Waals surface area contributed by atoms with Gasteiger partial charge in [-0.05, 0) is 12.8 Å². The molecule has 0 amide bonds. The Hall–Kier alpha value is -1.06. The first-order valence-corrected chi connectivity index (χ1v) is 8.99. The van der Waals surface area contributed by atoms with Gasteiger partial charge in [-0.25, -0.2) is 0 Å². The molecule has 0 aliphatic rings. The van der Waals surface area contributed by atoms with Crippen molar-refractivity contribution in [2.45, 2.75) is 104 Å². The van der Waals surface area contributed by atoms with E-state index in [-0.39, 0.29) is 11.9 Å². The van der Waals surface area contributed by atoms with Gasteiger partial charge in [0.25, 0.3) is 0 Å². The Kier molecular flexibility index (Phi) is 14.1. The van der Waals surface area contributed by atoms with Crippen LogP contribution >= 0.6 is 0 Å². The Morgan fingerprint density at radius 2 is 1.05 bits per heavy atom. The molecule has 0 bridgehead atoms. The minimum absolute atomic E-state index is 0.278. The number of hydrogen-bond donors (Lipinski definition) is 0. The van der Waals surface area contributed by atoms with Crippen LogP contribution in [0.3, 0.4) is 0 Å². The molecule has 4 nitrogen and oxygen atoms in total. The third kappa shape index (κ3) is 13.9. The number of ether oxygens (including phenoxy) is 2. The topological polar surface area (TPSA) is 52.6 Å². The Morgan fingerprint density at radius 1 is 0.682 bits per heavy atom. The van der Waals surface area contributed by atoms with Gasteiger partial charge in [0.05, 0.1) is 0 Å². The Labute approximate surface area is 135 Å². The second-order valence-corrected chi connectivity index (χ2v) is 5.88. The average molecular weight is 314 g/mol. The van der Waals surface area contributed by atoms with Crippen LogP contribution in [0.25, 0.3) is 0 Å². The Morgan fingerprint density at radius 3 is 1.41 bits per heavy atom. The van der Waals surface area contributed by atoms with Gasteiger partial charge < -0.3 is 9.47 Å². The summed E-state index contributed by atoms with van der Waals surface area (Å²) in [6.07, 6.45) is 10.9. The van der Waals surface area contributed by atoms with Gasteiger partial charge in [-0.15, -0.1) is 0 Å². The summed E-state index contributed by atoms with van der Waals surface area (Å²) in [5.74, 6) is -0.556. The Balaban J connectivity index is 3.58. The van der Waals surface area contributed by atoms with E-state index in [0.717, 1.165) is 38.5 Å². The van der Waals surface area contributed by atoms with E-state index in [1.807, 2.05) is 0 Å². The highest BCUT2D eigenvalue weighted by molar-refractivity contribution is 5.71. The molecule has 0 saturated heterocycles. The van der Waals surface area contributed by atoms with Crippen LogP contribution in [-0.4, -0.2) is 18.2 Å². The van der Waals surface area contributed by atoms with Gasteiger partial charge in [-0.2, -0.15) is 0 Å². The van der Waals surface area contributed by atoms with Crippen LogP contribution in [0.4, 0.5) is 0 Å². The third-order valence-corrected chi connectivity index (χ3v) is 3.56. The normalized spacial score (nSPS) is 10.7. The molecule has 0 spiro atoms. The van der Waals surface area contributed by atoms with E-state index in [1.54, 1.807) is 6.92 Å². The highest BCUT2D eigenvalue weighted by Crippen LogP contribution is 2.09. The number of carbonyl (C=O) groups excluding carboxylic acids is 2. The van der Waals surface area contributed by atoms with Gasteiger partial charge >= 0.3 is 11.9 Å². The molecule has 4 heteroatoms. The smallest absolute Gasteiger partial charge is 0.308 e. The summed E-state index contributed by atoms with van der Waals surface area (Å²) in [5, 5.41) is 0. The van der Waals surface area contributed by atoms with Crippen molar-refractivity contribution in [1.82, 2.24) is 0 Å². The second-order valence-electron chi connectivity index (χ2n) is 5.88. The molecule has 0 heterocycles. The van der Waals surface area contributed by atoms with Gasteiger partial charge in [0.15, 0.2) is 0 Å². The van der Waals surface area contributed by atoms with Crippen LogP contribution in [0, 0.1) is 0 Å². The zero-order valence-corrected chi connectivity index (χ0v) is 14.7. The summed E-state index contributed by atoms with van der Waals surface area (Å²) in [4.78, 5) is 23.2. The largest absolute Gasteiger partial charge is 0.425 e. The first kappa shape index (κ1) is 20.9.